The molecule has 0 bridgehead atoms. The fraction of sp³-hybridized carbons (Fsp3) is 0.0526. The van der Waals surface area contributed by atoms with E-state index in [0.717, 1.165) is 22.9 Å². The van der Waals surface area contributed by atoms with Crippen molar-refractivity contribution in [1.82, 2.24) is 19.5 Å². The fourth-order valence-electron chi connectivity index (χ4n) is 3.09. The highest BCUT2D eigenvalue weighted by Gasteiger charge is 2.13. The van der Waals surface area contributed by atoms with E-state index in [-0.39, 0.29) is 12.4 Å². The predicted molar refractivity (Wildman–Crippen MR) is 105 cm³/mol. The third-order valence-electron chi connectivity index (χ3n) is 4.20. The summed E-state index contributed by atoms with van der Waals surface area (Å²) in [7, 11) is 0. The molecule has 4 nitrogen and oxygen atoms in total. The van der Waals surface area contributed by atoms with Crippen molar-refractivity contribution in [2.75, 3.05) is 0 Å². The lowest BCUT2D eigenvalue weighted by atomic mass is 10.1. The van der Waals surface area contributed by atoms with E-state index in [1.54, 1.807) is 17.5 Å². The minimum atomic E-state index is 0. The highest BCUT2D eigenvalue weighted by atomic mass is 35.5. The van der Waals surface area contributed by atoms with Crippen molar-refractivity contribution in [3.8, 4) is 5.13 Å². The van der Waals surface area contributed by atoms with Crippen LogP contribution in [0.25, 0.3) is 26.3 Å². The zero-order chi connectivity index (χ0) is 15.9. The molecule has 0 aliphatic carbocycles. The maximum atomic E-state index is 4.80. The van der Waals surface area contributed by atoms with Crippen molar-refractivity contribution in [3.05, 3.63) is 78.5 Å². The van der Waals surface area contributed by atoms with Gasteiger partial charge < -0.3 is 4.98 Å². The number of nitrogens with one attached hydrogen (secondary N) is 1. The van der Waals surface area contributed by atoms with Gasteiger partial charge in [-0.15, -0.1) is 12.4 Å². The first-order valence-corrected chi connectivity index (χ1v) is 8.63. The number of nitrogens with zero attached hydrogens (tertiary/aromatic N) is 3. The number of H-pyrrole nitrogens is 1. The number of aromatic amines is 1. The van der Waals surface area contributed by atoms with E-state index in [1.807, 2.05) is 12.3 Å². The second-order valence-electron chi connectivity index (χ2n) is 5.72. The second kappa shape index (κ2) is 6.35. The molecule has 0 radical (unpaired) electrons. The van der Waals surface area contributed by atoms with Crippen LogP contribution in [-0.4, -0.2) is 19.5 Å². The van der Waals surface area contributed by atoms with Crippen molar-refractivity contribution in [1.29, 1.82) is 0 Å². The van der Waals surface area contributed by atoms with Crippen molar-refractivity contribution in [2.24, 2.45) is 0 Å². The lowest BCUT2D eigenvalue weighted by Crippen LogP contribution is -1.91. The van der Waals surface area contributed by atoms with Crippen molar-refractivity contribution in [3.63, 3.8) is 0 Å². The third-order valence-corrected chi connectivity index (χ3v) is 5.23. The van der Waals surface area contributed by atoms with E-state index in [9.17, 15) is 0 Å². The molecule has 6 heteroatoms. The Kier molecular flexibility index (Phi) is 4.03. The van der Waals surface area contributed by atoms with Crippen LogP contribution < -0.4 is 0 Å². The van der Waals surface area contributed by atoms with Gasteiger partial charge >= 0.3 is 0 Å². The molecule has 0 atom stereocenters. The van der Waals surface area contributed by atoms with E-state index < -0.39 is 0 Å². The zero-order valence-electron chi connectivity index (χ0n) is 13.2. The van der Waals surface area contributed by atoms with Gasteiger partial charge in [-0.05, 0) is 23.8 Å². The van der Waals surface area contributed by atoms with Gasteiger partial charge in [-0.25, -0.2) is 9.97 Å². The Balaban J connectivity index is 0.00000157. The quantitative estimate of drug-likeness (QED) is 0.489. The molecule has 3 heterocycles. The summed E-state index contributed by atoms with van der Waals surface area (Å²) >= 11 is 1.71. The number of para-hydroxylation sites is 2. The maximum absolute atomic E-state index is 4.80. The molecule has 0 saturated carbocycles. The molecule has 5 rings (SSSR count). The Hall–Kier alpha value is -2.63. The summed E-state index contributed by atoms with van der Waals surface area (Å²) < 4.78 is 3.40. The molecule has 0 spiro atoms. The molecule has 0 aliphatic rings. The highest BCUT2D eigenvalue weighted by molar-refractivity contribution is 7.20. The smallest absolute Gasteiger partial charge is 0.195 e. The van der Waals surface area contributed by atoms with Gasteiger partial charge in [0.15, 0.2) is 5.13 Å². The molecule has 2 aromatic carbocycles. The van der Waals surface area contributed by atoms with E-state index in [1.165, 1.54) is 21.2 Å². The third kappa shape index (κ3) is 2.71. The molecule has 124 valence electrons. The Morgan fingerprint density at radius 1 is 1.04 bits per heavy atom. The summed E-state index contributed by atoms with van der Waals surface area (Å²) in [4.78, 5) is 12.3. The van der Waals surface area contributed by atoms with Crippen LogP contribution in [0.5, 0.6) is 0 Å². The first kappa shape index (κ1) is 15.9. The number of hydrogen-bond acceptors (Lipinski definition) is 3. The lowest BCUT2D eigenvalue weighted by Gasteiger charge is -1.98. The Morgan fingerprint density at radius 2 is 1.88 bits per heavy atom. The summed E-state index contributed by atoms with van der Waals surface area (Å²) in [6.07, 6.45) is 6.63. The number of benzene rings is 2. The maximum Gasteiger partial charge on any atom is 0.195 e. The molecule has 25 heavy (non-hydrogen) atoms. The molecule has 1 N–H and O–H groups in total. The Bertz CT molecular complexity index is 1110. The van der Waals surface area contributed by atoms with Gasteiger partial charge in [0.2, 0.25) is 0 Å². The van der Waals surface area contributed by atoms with Gasteiger partial charge in [-0.2, -0.15) is 0 Å². The fourth-order valence-corrected chi connectivity index (χ4v) is 4.04. The van der Waals surface area contributed by atoms with Crippen LogP contribution in [0.3, 0.4) is 0 Å². The van der Waals surface area contributed by atoms with Crippen molar-refractivity contribution < 1.29 is 0 Å². The standard InChI is InChI=1S/C19H14N4S.ClH/c1-3-7-16-14(5-1)13(11-18-20-9-10-21-18)12-23(16)19-22-15-6-2-4-8-17(15)24-19;/h1-10,12H,11H2,(H,20,21);1H. The SMILES string of the molecule is Cl.c1ccc2sc(-n3cc(Cc4ncc[nH]4)c4ccccc43)nc2c1. The Labute approximate surface area is 154 Å². The first-order valence-electron chi connectivity index (χ1n) is 7.82. The topological polar surface area (TPSA) is 46.5 Å². The van der Waals surface area contributed by atoms with Gasteiger partial charge in [0, 0.05) is 30.4 Å². The number of halogens is 1. The molecule has 0 unspecified atom stereocenters. The van der Waals surface area contributed by atoms with Crippen LogP contribution in [0.1, 0.15) is 11.4 Å². The Morgan fingerprint density at radius 3 is 2.72 bits per heavy atom. The van der Waals surface area contributed by atoms with Gasteiger partial charge in [0.1, 0.15) is 5.82 Å². The van der Waals surface area contributed by atoms with Gasteiger partial charge in [0.05, 0.1) is 15.7 Å². The monoisotopic (exact) mass is 366 g/mol. The largest absolute Gasteiger partial charge is 0.348 e. The van der Waals surface area contributed by atoms with Crippen LogP contribution >= 0.6 is 23.7 Å². The van der Waals surface area contributed by atoms with E-state index in [4.69, 9.17) is 4.98 Å². The minimum absolute atomic E-state index is 0. The van der Waals surface area contributed by atoms with Gasteiger partial charge in [0.25, 0.3) is 0 Å². The van der Waals surface area contributed by atoms with Crippen LogP contribution in [0.2, 0.25) is 0 Å². The first-order chi connectivity index (χ1) is 11.9. The predicted octanol–water partition coefficient (Wildman–Crippen LogP) is 4.98. The molecule has 0 aliphatic heterocycles. The average Bonchev–Trinajstić information content (AvgIpc) is 3.33. The lowest BCUT2D eigenvalue weighted by molar-refractivity contribution is 1.02. The van der Waals surface area contributed by atoms with Crippen LogP contribution in [0.4, 0.5) is 0 Å². The van der Waals surface area contributed by atoms with Crippen molar-refractivity contribution in [2.45, 2.75) is 6.42 Å². The molecule has 3 aromatic heterocycles. The van der Waals surface area contributed by atoms with Crippen LogP contribution in [0, 0.1) is 0 Å². The number of imidazole rings is 1. The molecule has 0 saturated heterocycles. The number of thiazole rings is 1. The minimum Gasteiger partial charge on any atom is -0.348 e. The van der Waals surface area contributed by atoms with Crippen LogP contribution in [-0.2, 0) is 6.42 Å². The van der Waals surface area contributed by atoms with Crippen LogP contribution in [0.15, 0.2) is 67.1 Å². The summed E-state index contributed by atoms with van der Waals surface area (Å²) in [5, 5.41) is 2.24. The number of aromatic nitrogens is 4. The van der Waals surface area contributed by atoms with E-state index >= 15 is 0 Å². The highest BCUT2D eigenvalue weighted by Crippen LogP contribution is 2.30. The summed E-state index contributed by atoms with van der Waals surface area (Å²) in [6, 6.07) is 16.7. The van der Waals surface area contributed by atoms with Gasteiger partial charge in [-0.3, -0.25) is 4.57 Å². The molecular weight excluding hydrogens is 352 g/mol. The summed E-state index contributed by atoms with van der Waals surface area (Å²) in [5.41, 5.74) is 3.47. The van der Waals surface area contributed by atoms with Gasteiger partial charge in [-0.1, -0.05) is 41.7 Å². The second-order valence-corrected chi connectivity index (χ2v) is 6.73. The summed E-state index contributed by atoms with van der Waals surface area (Å²) in [5.74, 6) is 0.974. The zero-order valence-corrected chi connectivity index (χ0v) is 14.8. The van der Waals surface area contributed by atoms with E-state index in [2.05, 4.69) is 63.2 Å². The molecule has 5 aromatic rings. The molecular formula is C19H15ClN4S. The number of rotatable bonds is 3. The number of fused-ring (bicyclic) bond motifs is 2. The average molecular weight is 367 g/mol. The van der Waals surface area contributed by atoms with Crippen molar-refractivity contribution >= 4 is 44.9 Å². The molecule has 0 amide bonds. The number of hydrogen-bond donors (Lipinski definition) is 1. The normalized spacial score (nSPS) is 11.0. The molecule has 0 fully saturated rings. The summed E-state index contributed by atoms with van der Waals surface area (Å²) in [6.45, 7) is 0. The van der Waals surface area contributed by atoms with E-state index in [0.29, 0.717) is 0 Å².